The van der Waals surface area contributed by atoms with E-state index in [2.05, 4.69) is 10.6 Å². The zero-order valence-electron chi connectivity index (χ0n) is 23.3. The van der Waals surface area contributed by atoms with Crippen LogP contribution in [0.2, 0.25) is 5.02 Å². The Bertz CT molecular complexity index is 1430. The van der Waals surface area contributed by atoms with Crippen molar-refractivity contribution < 1.29 is 22.8 Å². The minimum Gasteiger partial charge on any atom is -0.359 e. The lowest BCUT2D eigenvalue weighted by atomic mass is 9.95. The van der Waals surface area contributed by atoms with Crippen molar-refractivity contribution in [3.63, 3.8) is 0 Å². The Balaban J connectivity index is 1.75. The molecule has 4 rings (SSSR count). The number of carbonyl (C=O) groups excluding carboxylic acids is 2. The maximum atomic E-state index is 14.1. The fraction of sp³-hybridized carbons (Fsp3) is 0.536. The number of rotatable bonds is 5. The molecule has 0 spiro atoms. The minimum atomic E-state index is -4.72. The van der Waals surface area contributed by atoms with E-state index in [0.717, 1.165) is 18.6 Å². The van der Waals surface area contributed by atoms with Gasteiger partial charge in [-0.1, -0.05) is 23.8 Å². The molecule has 1 aromatic carbocycles. The highest BCUT2D eigenvalue weighted by atomic mass is 35.5. The van der Waals surface area contributed by atoms with Crippen LogP contribution in [0, 0.1) is 5.92 Å². The summed E-state index contributed by atoms with van der Waals surface area (Å²) in [5.74, 6) is -0.751. The molecule has 0 unspecified atom stereocenters. The summed E-state index contributed by atoms with van der Waals surface area (Å²) in [6.07, 6.45) is -2.20. The minimum absolute atomic E-state index is 0.0574. The van der Waals surface area contributed by atoms with Gasteiger partial charge in [0.15, 0.2) is 0 Å². The van der Waals surface area contributed by atoms with Crippen LogP contribution >= 0.6 is 23.8 Å². The molecule has 2 aliphatic rings. The molecule has 1 aromatic heterocycles. The zero-order valence-corrected chi connectivity index (χ0v) is 24.8. The van der Waals surface area contributed by atoms with Gasteiger partial charge in [0.05, 0.1) is 28.9 Å². The lowest BCUT2D eigenvalue weighted by Gasteiger charge is -2.35. The molecule has 1 fully saturated rings. The number of nitrogens with one attached hydrogen (secondary N) is 2. The van der Waals surface area contributed by atoms with E-state index in [0.29, 0.717) is 35.4 Å². The molecule has 0 bridgehead atoms. The predicted molar refractivity (Wildman–Crippen MR) is 154 cm³/mol. The number of nitrogens with zero attached hydrogens (tertiary/aromatic N) is 3. The molecule has 2 N–H and O–H groups in total. The summed E-state index contributed by atoms with van der Waals surface area (Å²) < 4.78 is 41.9. The lowest BCUT2D eigenvalue weighted by molar-refractivity contribution is -0.137. The Morgan fingerprint density at radius 2 is 1.95 bits per heavy atom. The SMILES string of the molecule is CNC(=O)[C@H]1CCCC(=S)[C@H](n2c(NC(C)C)nc3c(c2=O)C[C@@H](C)N(C(=O)c2ccc(Cl)c(C(F)(F)F)c2)C3)C1. The van der Waals surface area contributed by atoms with Gasteiger partial charge in [-0.2, -0.15) is 13.2 Å². The molecule has 2 amide bonds. The van der Waals surface area contributed by atoms with Gasteiger partial charge >= 0.3 is 6.18 Å². The molecule has 41 heavy (non-hydrogen) atoms. The van der Waals surface area contributed by atoms with E-state index in [4.69, 9.17) is 28.8 Å². The zero-order chi connectivity index (χ0) is 30.2. The molecule has 13 heteroatoms. The highest BCUT2D eigenvalue weighted by molar-refractivity contribution is 7.80. The molecule has 2 aromatic rings. The van der Waals surface area contributed by atoms with E-state index in [-0.39, 0.29) is 47.9 Å². The molecule has 3 atom stereocenters. The topological polar surface area (TPSA) is 96.3 Å². The number of alkyl halides is 3. The Morgan fingerprint density at radius 1 is 1.24 bits per heavy atom. The fourth-order valence-corrected chi connectivity index (χ4v) is 6.11. The second-order valence-corrected chi connectivity index (χ2v) is 11.9. The number of hydrogen-bond acceptors (Lipinski definition) is 6. The molecule has 0 saturated heterocycles. The van der Waals surface area contributed by atoms with Crippen molar-refractivity contribution in [2.45, 2.75) is 83.7 Å². The quantitative estimate of drug-likeness (QED) is 0.358. The Morgan fingerprint density at radius 3 is 2.59 bits per heavy atom. The average Bonchev–Trinajstić information content (AvgIpc) is 3.09. The number of anilines is 1. The fourth-order valence-electron chi connectivity index (χ4n) is 5.54. The molecule has 1 saturated carbocycles. The first-order valence-electron chi connectivity index (χ1n) is 13.6. The van der Waals surface area contributed by atoms with Gasteiger partial charge < -0.3 is 15.5 Å². The van der Waals surface area contributed by atoms with Crippen LogP contribution in [0.15, 0.2) is 23.0 Å². The Labute approximate surface area is 246 Å². The molecule has 8 nitrogen and oxygen atoms in total. The van der Waals surface area contributed by atoms with E-state index in [9.17, 15) is 27.6 Å². The number of aromatic nitrogens is 2. The average molecular weight is 612 g/mol. The number of halogens is 4. The summed E-state index contributed by atoms with van der Waals surface area (Å²) >= 11 is 11.5. The van der Waals surface area contributed by atoms with E-state index in [1.807, 2.05) is 13.8 Å². The maximum Gasteiger partial charge on any atom is 0.417 e. The van der Waals surface area contributed by atoms with Crippen LogP contribution < -0.4 is 16.2 Å². The number of hydrogen-bond donors (Lipinski definition) is 2. The third-order valence-electron chi connectivity index (χ3n) is 7.63. The molecule has 0 radical (unpaired) electrons. The summed E-state index contributed by atoms with van der Waals surface area (Å²) in [5.41, 5.74) is -0.753. The predicted octanol–water partition coefficient (Wildman–Crippen LogP) is 5.17. The highest BCUT2D eigenvalue weighted by Crippen LogP contribution is 2.36. The number of fused-ring (bicyclic) bond motifs is 1. The molecule has 222 valence electrons. The van der Waals surface area contributed by atoms with Crippen LogP contribution in [0.5, 0.6) is 0 Å². The molecule has 1 aliphatic heterocycles. The normalized spacial score (nSPS) is 21.3. The van der Waals surface area contributed by atoms with Crippen LogP contribution in [0.3, 0.4) is 0 Å². The van der Waals surface area contributed by atoms with Crippen LogP contribution in [-0.4, -0.2) is 50.3 Å². The number of amides is 2. The second kappa shape index (κ2) is 12.1. The number of carbonyl (C=O) groups is 2. The van der Waals surface area contributed by atoms with Crippen molar-refractivity contribution in [2.75, 3.05) is 12.4 Å². The van der Waals surface area contributed by atoms with Gasteiger partial charge in [0, 0.05) is 41.0 Å². The molecular weight excluding hydrogens is 579 g/mol. The Hall–Kier alpha value is -2.99. The van der Waals surface area contributed by atoms with Gasteiger partial charge in [0.1, 0.15) is 0 Å². The summed E-state index contributed by atoms with van der Waals surface area (Å²) in [5, 5.41) is 5.44. The molecular formula is C28H33ClF3N5O3S. The van der Waals surface area contributed by atoms with E-state index in [1.54, 1.807) is 18.5 Å². The smallest absolute Gasteiger partial charge is 0.359 e. The van der Waals surface area contributed by atoms with Crippen molar-refractivity contribution in [3.8, 4) is 0 Å². The summed E-state index contributed by atoms with van der Waals surface area (Å²) in [7, 11) is 1.58. The third-order valence-corrected chi connectivity index (χ3v) is 8.43. The van der Waals surface area contributed by atoms with Gasteiger partial charge in [0.2, 0.25) is 11.9 Å². The summed E-state index contributed by atoms with van der Waals surface area (Å²) in [6.45, 7) is 5.47. The van der Waals surface area contributed by atoms with Crippen molar-refractivity contribution in [2.24, 2.45) is 5.92 Å². The van der Waals surface area contributed by atoms with Gasteiger partial charge in [-0.15, -0.1) is 0 Å². The molecule has 1 aliphatic carbocycles. The van der Waals surface area contributed by atoms with E-state index < -0.39 is 34.8 Å². The van der Waals surface area contributed by atoms with Crippen LogP contribution in [0.1, 0.15) is 79.7 Å². The van der Waals surface area contributed by atoms with Crippen molar-refractivity contribution in [1.82, 2.24) is 19.8 Å². The van der Waals surface area contributed by atoms with Crippen LogP contribution in [0.4, 0.5) is 19.1 Å². The Kier molecular flexibility index (Phi) is 9.13. The molecule has 2 heterocycles. The van der Waals surface area contributed by atoms with Gasteiger partial charge in [-0.05, 0) is 71.1 Å². The van der Waals surface area contributed by atoms with Crippen LogP contribution in [-0.2, 0) is 23.9 Å². The van der Waals surface area contributed by atoms with Crippen molar-refractivity contribution in [3.05, 3.63) is 56.0 Å². The van der Waals surface area contributed by atoms with Gasteiger partial charge in [-0.25, -0.2) is 4.98 Å². The van der Waals surface area contributed by atoms with Gasteiger partial charge in [-0.3, -0.25) is 19.0 Å². The summed E-state index contributed by atoms with van der Waals surface area (Å²) in [4.78, 5) is 46.9. The third kappa shape index (κ3) is 6.43. The highest BCUT2D eigenvalue weighted by Gasteiger charge is 2.37. The first kappa shape index (κ1) is 31.0. The summed E-state index contributed by atoms with van der Waals surface area (Å²) in [6, 6.07) is 1.95. The van der Waals surface area contributed by atoms with Crippen molar-refractivity contribution in [1.29, 1.82) is 0 Å². The van der Waals surface area contributed by atoms with Crippen molar-refractivity contribution >= 4 is 46.4 Å². The monoisotopic (exact) mass is 611 g/mol. The first-order chi connectivity index (χ1) is 19.2. The van der Waals surface area contributed by atoms with E-state index >= 15 is 0 Å². The number of thiocarbonyl (C=S) groups is 1. The van der Waals surface area contributed by atoms with Crippen LogP contribution in [0.25, 0.3) is 0 Å². The largest absolute Gasteiger partial charge is 0.417 e. The second-order valence-electron chi connectivity index (χ2n) is 10.9. The standard InChI is InChI=1S/C28H33ClF3N5O3S/c1-14(2)34-27-35-21-13-36(25(39)17-8-9-20(29)19(11-17)28(30,31)32)15(3)10-18(21)26(40)37(27)22-12-16(24(38)33-4)6-5-7-23(22)41/h8-9,11,14-16,22H,5-7,10,12-13H2,1-4H3,(H,33,38)(H,34,35)/t15-,16+,22-/m1/s1. The first-order valence-corrected chi connectivity index (χ1v) is 14.3. The van der Waals surface area contributed by atoms with E-state index in [1.165, 1.54) is 11.0 Å². The maximum absolute atomic E-state index is 14.1. The lowest BCUT2D eigenvalue weighted by Crippen LogP contribution is -2.47. The number of benzene rings is 1. The van der Waals surface area contributed by atoms with Gasteiger partial charge in [0.25, 0.3) is 11.5 Å².